The highest BCUT2D eigenvalue weighted by Crippen LogP contribution is 2.21. The highest BCUT2D eigenvalue weighted by atomic mass is 35.5. The van der Waals surface area contributed by atoms with E-state index >= 15 is 0 Å². The number of nitrogens with two attached hydrogens (primary N) is 1. The van der Waals surface area contributed by atoms with Crippen LogP contribution in [0.3, 0.4) is 0 Å². The molecule has 1 amide bonds. The fourth-order valence-corrected chi connectivity index (χ4v) is 1.61. The summed E-state index contributed by atoms with van der Waals surface area (Å²) in [7, 11) is 1.47. The number of nitrogen functional groups attached to an aromatic ring is 1. The monoisotopic (exact) mass is 278 g/mol. The fraction of sp³-hybridized carbons (Fsp3) is 0.0833. The van der Waals surface area contributed by atoms with Crippen LogP contribution in [0.4, 0.5) is 11.6 Å². The first-order valence-corrected chi connectivity index (χ1v) is 5.71. The molecule has 0 unspecified atom stereocenters. The lowest BCUT2D eigenvalue weighted by molar-refractivity contribution is 0.102. The molecule has 98 valence electrons. The number of carbonyl (C=O) groups is 1. The Morgan fingerprint density at radius 2 is 2.21 bits per heavy atom. The highest BCUT2D eigenvalue weighted by molar-refractivity contribution is 6.29. The van der Waals surface area contributed by atoms with Crippen LogP contribution in [0.2, 0.25) is 5.15 Å². The van der Waals surface area contributed by atoms with Crippen molar-refractivity contribution in [3.8, 4) is 5.75 Å². The van der Waals surface area contributed by atoms with Gasteiger partial charge in [-0.2, -0.15) is 0 Å². The van der Waals surface area contributed by atoms with Crippen LogP contribution in [0, 0.1) is 0 Å². The molecule has 1 aromatic heterocycles. The first kappa shape index (κ1) is 13.1. The van der Waals surface area contributed by atoms with Gasteiger partial charge in [0, 0.05) is 11.9 Å². The van der Waals surface area contributed by atoms with Gasteiger partial charge in [0.15, 0.2) is 0 Å². The Kier molecular flexibility index (Phi) is 3.82. The molecule has 2 aromatic rings. The van der Waals surface area contributed by atoms with Crippen LogP contribution < -0.4 is 15.8 Å². The van der Waals surface area contributed by atoms with Crippen LogP contribution in [-0.2, 0) is 0 Å². The van der Waals surface area contributed by atoms with E-state index in [1.807, 2.05) is 0 Å². The zero-order valence-electron chi connectivity index (χ0n) is 10.1. The van der Waals surface area contributed by atoms with Gasteiger partial charge in [0.25, 0.3) is 5.91 Å². The maximum atomic E-state index is 12.1. The highest BCUT2D eigenvalue weighted by Gasteiger charge is 2.14. The van der Waals surface area contributed by atoms with E-state index in [0.717, 1.165) is 0 Å². The second kappa shape index (κ2) is 5.53. The normalized spacial score (nSPS) is 10.0. The molecule has 7 heteroatoms. The predicted octanol–water partition coefficient (Wildman–Crippen LogP) is 1.97. The van der Waals surface area contributed by atoms with Gasteiger partial charge in [0.1, 0.15) is 10.9 Å². The van der Waals surface area contributed by atoms with E-state index in [4.69, 9.17) is 22.1 Å². The van der Waals surface area contributed by atoms with E-state index in [9.17, 15) is 4.79 Å². The molecule has 19 heavy (non-hydrogen) atoms. The van der Waals surface area contributed by atoms with E-state index in [1.165, 1.54) is 25.4 Å². The lowest BCUT2D eigenvalue weighted by Gasteiger charge is -2.09. The van der Waals surface area contributed by atoms with Gasteiger partial charge in [-0.1, -0.05) is 11.6 Å². The number of methoxy groups -OCH3 is 1. The van der Waals surface area contributed by atoms with Crippen LogP contribution in [-0.4, -0.2) is 23.0 Å². The van der Waals surface area contributed by atoms with Crippen molar-refractivity contribution in [2.24, 2.45) is 0 Å². The largest absolute Gasteiger partial charge is 0.496 e. The number of aromatic nitrogens is 2. The number of anilines is 2. The summed E-state index contributed by atoms with van der Waals surface area (Å²) >= 11 is 5.71. The first-order valence-electron chi connectivity index (χ1n) is 5.33. The Morgan fingerprint density at radius 3 is 2.89 bits per heavy atom. The topological polar surface area (TPSA) is 90.1 Å². The van der Waals surface area contributed by atoms with Crippen molar-refractivity contribution in [1.82, 2.24) is 9.97 Å². The predicted molar refractivity (Wildman–Crippen MR) is 72.4 cm³/mol. The number of nitrogens with one attached hydrogen (secondary N) is 1. The number of halogens is 1. The summed E-state index contributed by atoms with van der Waals surface area (Å²) in [5, 5.41) is 2.76. The summed E-state index contributed by atoms with van der Waals surface area (Å²) in [5.41, 5.74) is 6.40. The lowest BCUT2D eigenvalue weighted by atomic mass is 10.1. The zero-order valence-corrected chi connectivity index (χ0v) is 10.8. The van der Waals surface area contributed by atoms with Crippen molar-refractivity contribution >= 4 is 29.1 Å². The summed E-state index contributed by atoms with van der Waals surface area (Å²) in [6.45, 7) is 0. The number of ether oxygens (including phenoxy) is 1. The molecule has 0 aliphatic carbocycles. The zero-order chi connectivity index (χ0) is 13.8. The number of carbonyl (C=O) groups excluding carboxylic acids is 1. The Balaban J connectivity index is 2.27. The Labute approximate surface area is 114 Å². The number of nitrogens with zero attached hydrogens (tertiary/aromatic N) is 2. The third kappa shape index (κ3) is 3.11. The van der Waals surface area contributed by atoms with Gasteiger partial charge >= 0.3 is 0 Å². The molecule has 0 saturated heterocycles. The summed E-state index contributed by atoms with van der Waals surface area (Å²) in [6.07, 6.45) is 1.45. The van der Waals surface area contributed by atoms with Crippen LogP contribution in [0.25, 0.3) is 0 Å². The van der Waals surface area contributed by atoms with E-state index in [0.29, 0.717) is 17.0 Å². The molecule has 0 aliphatic heterocycles. The SMILES string of the molecule is COc1ccc(N)cc1C(=O)Nc1nccc(Cl)n1. The molecule has 0 fully saturated rings. The van der Waals surface area contributed by atoms with Crippen LogP contribution >= 0.6 is 11.6 Å². The van der Waals surface area contributed by atoms with Gasteiger partial charge in [-0.05, 0) is 24.3 Å². The Bertz CT molecular complexity index is 618. The number of rotatable bonds is 3. The Morgan fingerprint density at radius 1 is 1.42 bits per heavy atom. The van der Waals surface area contributed by atoms with Crippen LogP contribution in [0.15, 0.2) is 30.5 Å². The Hall–Kier alpha value is -2.34. The van der Waals surface area contributed by atoms with Crippen molar-refractivity contribution < 1.29 is 9.53 Å². The van der Waals surface area contributed by atoms with E-state index < -0.39 is 5.91 Å². The molecule has 1 aromatic carbocycles. The summed E-state index contributed by atoms with van der Waals surface area (Å²) in [6, 6.07) is 6.28. The second-order valence-electron chi connectivity index (χ2n) is 3.62. The van der Waals surface area contributed by atoms with Gasteiger partial charge in [-0.25, -0.2) is 9.97 Å². The minimum atomic E-state index is -0.425. The van der Waals surface area contributed by atoms with Crippen LogP contribution in [0.1, 0.15) is 10.4 Å². The first-order chi connectivity index (χ1) is 9.10. The number of amides is 1. The van der Waals surface area contributed by atoms with Crippen LogP contribution in [0.5, 0.6) is 5.75 Å². The minimum absolute atomic E-state index is 0.113. The molecule has 0 aliphatic rings. The molecule has 3 N–H and O–H groups in total. The fourth-order valence-electron chi connectivity index (χ4n) is 1.47. The standard InChI is InChI=1S/C12H11ClN4O2/c1-19-9-3-2-7(14)6-8(9)11(18)17-12-15-5-4-10(13)16-12/h2-6H,14H2,1H3,(H,15,16,17,18). The minimum Gasteiger partial charge on any atom is -0.496 e. The second-order valence-corrected chi connectivity index (χ2v) is 4.00. The lowest BCUT2D eigenvalue weighted by Crippen LogP contribution is -2.15. The summed E-state index contributed by atoms with van der Waals surface area (Å²) in [4.78, 5) is 19.8. The summed E-state index contributed by atoms with van der Waals surface area (Å²) < 4.78 is 5.10. The average Bonchev–Trinajstić information content (AvgIpc) is 2.38. The average molecular weight is 279 g/mol. The van der Waals surface area contributed by atoms with E-state index in [-0.39, 0.29) is 11.1 Å². The van der Waals surface area contributed by atoms with Gasteiger partial charge in [-0.3, -0.25) is 10.1 Å². The van der Waals surface area contributed by atoms with Crippen molar-refractivity contribution in [3.63, 3.8) is 0 Å². The molecule has 6 nitrogen and oxygen atoms in total. The third-order valence-corrected chi connectivity index (χ3v) is 2.53. The molecular weight excluding hydrogens is 268 g/mol. The number of hydrogen-bond acceptors (Lipinski definition) is 5. The van der Waals surface area contributed by atoms with E-state index in [2.05, 4.69) is 15.3 Å². The summed E-state index contributed by atoms with van der Waals surface area (Å²) in [5.74, 6) is 0.0992. The maximum Gasteiger partial charge on any atom is 0.261 e. The molecule has 2 rings (SSSR count). The van der Waals surface area contributed by atoms with Gasteiger partial charge in [0.05, 0.1) is 12.7 Å². The molecule has 0 radical (unpaired) electrons. The van der Waals surface area contributed by atoms with Gasteiger partial charge in [-0.15, -0.1) is 0 Å². The van der Waals surface area contributed by atoms with E-state index in [1.54, 1.807) is 12.1 Å². The molecule has 0 bridgehead atoms. The maximum absolute atomic E-state index is 12.1. The smallest absolute Gasteiger partial charge is 0.261 e. The molecule has 0 saturated carbocycles. The number of benzene rings is 1. The number of hydrogen-bond donors (Lipinski definition) is 2. The van der Waals surface area contributed by atoms with Gasteiger partial charge in [0.2, 0.25) is 5.95 Å². The van der Waals surface area contributed by atoms with Crippen molar-refractivity contribution in [2.75, 3.05) is 18.2 Å². The van der Waals surface area contributed by atoms with Crippen molar-refractivity contribution in [2.45, 2.75) is 0 Å². The molecule has 1 heterocycles. The molecule has 0 spiro atoms. The molecular formula is C12H11ClN4O2. The van der Waals surface area contributed by atoms with Gasteiger partial charge < -0.3 is 10.5 Å². The van der Waals surface area contributed by atoms with Crippen molar-refractivity contribution in [3.05, 3.63) is 41.2 Å². The third-order valence-electron chi connectivity index (χ3n) is 2.32. The van der Waals surface area contributed by atoms with Crippen molar-refractivity contribution in [1.29, 1.82) is 0 Å². The molecule has 0 atom stereocenters. The quantitative estimate of drug-likeness (QED) is 0.662.